The molecule has 0 aliphatic rings. The van der Waals surface area contributed by atoms with E-state index in [1.54, 1.807) is 42.5 Å². The predicted molar refractivity (Wildman–Crippen MR) is 101 cm³/mol. The van der Waals surface area contributed by atoms with E-state index in [1.165, 1.54) is 12.4 Å². The molecule has 2 aromatic carbocycles. The number of benzene rings is 2. The molecule has 0 radical (unpaired) electrons. The Morgan fingerprint density at radius 1 is 0.920 bits per heavy atom. The van der Waals surface area contributed by atoms with E-state index in [-0.39, 0.29) is 11.6 Å². The molecule has 126 valence electrons. The van der Waals surface area contributed by atoms with Crippen molar-refractivity contribution >= 4 is 57.9 Å². The predicted octanol–water partition coefficient (Wildman–Crippen LogP) is 5.43. The first kappa shape index (κ1) is 17.5. The van der Waals surface area contributed by atoms with Gasteiger partial charge in [0.2, 0.25) is 0 Å². The molecule has 1 heterocycles. The third-order valence-electron chi connectivity index (χ3n) is 3.20. The number of rotatable bonds is 4. The molecule has 0 saturated heterocycles. The van der Waals surface area contributed by atoms with Crippen molar-refractivity contribution in [1.29, 1.82) is 0 Å². The van der Waals surface area contributed by atoms with Gasteiger partial charge in [-0.3, -0.25) is 4.79 Å². The quantitative estimate of drug-likeness (QED) is 0.620. The maximum absolute atomic E-state index is 12.2. The fourth-order valence-corrected chi connectivity index (χ4v) is 2.45. The van der Waals surface area contributed by atoms with E-state index in [0.29, 0.717) is 32.3 Å². The number of hydrogen-bond acceptors (Lipinski definition) is 4. The van der Waals surface area contributed by atoms with E-state index < -0.39 is 0 Å². The number of nitrogens with one attached hydrogen (secondary N) is 2. The summed E-state index contributed by atoms with van der Waals surface area (Å²) in [5, 5.41) is 7.12. The van der Waals surface area contributed by atoms with Crippen molar-refractivity contribution < 1.29 is 4.79 Å². The highest BCUT2D eigenvalue weighted by Gasteiger charge is 2.10. The summed E-state index contributed by atoms with van der Waals surface area (Å²) in [6, 6.07) is 12.0. The first-order chi connectivity index (χ1) is 12.0. The van der Waals surface area contributed by atoms with Crippen LogP contribution < -0.4 is 10.6 Å². The molecular formula is C17H11Cl3N4O. The zero-order chi connectivity index (χ0) is 17.8. The summed E-state index contributed by atoms with van der Waals surface area (Å²) in [6.45, 7) is 0. The van der Waals surface area contributed by atoms with Crippen LogP contribution in [0.25, 0.3) is 0 Å². The van der Waals surface area contributed by atoms with Crippen LogP contribution in [-0.4, -0.2) is 15.9 Å². The van der Waals surface area contributed by atoms with Crippen molar-refractivity contribution in [3.05, 3.63) is 75.6 Å². The van der Waals surface area contributed by atoms with Crippen LogP contribution in [0, 0.1) is 0 Å². The molecule has 0 aliphatic heterocycles. The lowest BCUT2D eigenvalue weighted by Gasteiger charge is -2.09. The molecule has 3 aromatic rings. The zero-order valence-corrected chi connectivity index (χ0v) is 14.9. The second-order valence-electron chi connectivity index (χ2n) is 4.97. The molecule has 8 heteroatoms. The Bertz CT molecular complexity index is 899. The van der Waals surface area contributed by atoms with Crippen LogP contribution in [-0.2, 0) is 0 Å². The highest BCUT2D eigenvalue weighted by molar-refractivity contribution is 6.43. The summed E-state index contributed by atoms with van der Waals surface area (Å²) in [4.78, 5) is 20.4. The lowest BCUT2D eigenvalue weighted by molar-refractivity contribution is 0.102. The van der Waals surface area contributed by atoms with Crippen molar-refractivity contribution in [2.75, 3.05) is 10.6 Å². The zero-order valence-electron chi connectivity index (χ0n) is 12.6. The molecule has 1 aromatic heterocycles. The van der Waals surface area contributed by atoms with Crippen molar-refractivity contribution in [1.82, 2.24) is 9.97 Å². The van der Waals surface area contributed by atoms with Gasteiger partial charge in [-0.05, 0) is 36.4 Å². The first-order valence-electron chi connectivity index (χ1n) is 7.13. The summed E-state index contributed by atoms with van der Waals surface area (Å²) in [5.41, 5.74) is 1.39. The number of hydrogen-bond donors (Lipinski definition) is 2. The van der Waals surface area contributed by atoms with Crippen LogP contribution in [0.1, 0.15) is 10.5 Å². The van der Waals surface area contributed by atoms with Crippen molar-refractivity contribution in [2.45, 2.75) is 0 Å². The van der Waals surface area contributed by atoms with Gasteiger partial charge in [0.15, 0.2) is 0 Å². The molecule has 0 spiro atoms. The second kappa shape index (κ2) is 7.70. The molecule has 0 fully saturated rings. The second-order valence-corrected chi connectivity index (χ2v) is 6.20. The number of amides is 1. The van der Waals surface area contributed by atoms with E-state index in [9.17, 15) is 4.79 Å². The number of aromatic nitrogens is 2. The van der Waals surface area contributed by atoms with Gasteiger partial charge in [0.1, 0.15) is 11.5 Å². The highest BCUT2D eigenvalue weighted by Crippen LogP contribution is 2.31. The molecule has 25 heavy (non-hydrogen) atoms. The monoisotopic (exact) mass is 392 g/mol. The highest BCUT2D eigenvalue weighted by atomic mass is 35.5. The first-order valence-corrected chi connectivity index (χ1v) is 8.26. The molecule has 3 rings (SSSR count). The number of carbonyl (C=O) groups excluding carboxylic acids is 1. The van der Waals surface area contributed by atoms with Crippen LogP contribution in [0.4, 0.5) is 17.2 Å². The minimum absolute atomic E-state index is 0.178. The normalized spacial score (nSPS) is 10.4. The fourth-order valence-electron chi connectivity index (χ4n) is 1.98. The minimum atomic E-state index is -0.373. The van der Waals surface area contributed by atoms with E-state index >= 15 is 0 Å². The summed E-state index contributed by atoms with van der Waals surface area (Å²) in [6.07, 6.45) is 2.81. The Morgan fingerprint density at radius 2 is 1.68 bits per heavy atom. The number of halogens is 3. The Hall–Kier alpha value is -2.34. The van der Waals surface area contributed by atoms with Gasteiger partial charge in [-0.15, -0.1) is 0 Å². The summed E-state index contributed by atoms with van der Waals surface area (Å²) >= 11 is 17.9. The van der Waals surface area contributed by atoms with Crippen LogP contribution >= 0.6 is 34.8 Å². The lowest BCUT2D eigenvalue weighted by atomic mass is 10.3. The standard InChI is InChI=1S/C17H11Cl3N4O/c18-10-4-6-11(7-5-10)23-17(25)14-8-22-15(9-21-14)24-13-3-1-2-12(19)16(13)20/h1-9H,(H,22,24)(H,23,25). The van der Waals surface area contributed by atoms with E-state index in [1.807, 2.05) is 0 Å². The summed E-state index contributed by atoms with van der Waals surface area (Å²) in [7, 11) is 0. The molecule has 0 aliphatic carbocycles. The van der Waals surface area contributed by atoms with Gasteiger partial charge in [-0.1, -0.05) is 40.9 Å². The molecule has 5 nitrogen and oxygen atoms in total. The van der Waals surface area contributed by atoms with Gasteiger partial charge in [-0.2, -0.15) is 0 Å². The molecule has 0 unspecified atom stereocenters. The van der Waals surface area contributed by atoms with Gasteiger partial charge < -0.3 is 10.6 Å². The van der Waals surface area contributed by atoms with Gasteiger partial charge in [-0.25, -0.2) is 9.97 Å². The Balaban J connectivity index is 1.70. The topological polar surface area (TPSA) is 66.9 Å². The van der Waals surface area contributed by atoms with E-state index in [2.05, 4.69) is 20.6 Å². The summed E-state index contributed by atoms with van der Waals surface area (Å²) in [5.74, 6) is 0.0642. The largest absolute Gasteiger partial charge is 0.338 e. The van der Waals surface area contributed by atoms with Gasteiger partial charge >= 0.3 is 0 Å². The van der Waals surface area contributed by atoms with E-state index in [0.717, 1.165) is 0 Å². The molecular weight excluding hydrogens is 383 g/mol. The molecule has 2 N–H and O–H groups in total. The maximum atomic E-state index is 12.2. The third-order valence-corrected chi connectivity index (χ3v) is 4.27. The third kappa shape index (κ3) is 4.39. The van der Waals surface area contributed by atoms with Crippen molar-refractivity contribution in [3.63, 3.8) is 0 Å². The molecule has 0 bridgehead atoms. The average molecular weight is 394 g/mol. The summed E-state index contributed by atoms with van der Waals surface area (Å²) < 4.78 is 0. The lowest BCUT2D eigenvalue weighted by Crippen LogP contribution is -2.14. The van der Waals surface area contributed by atoms with Gasteiger partial charge in [0.25, 0.3) is 5.91 Å². The fraction of sp³-hybridized carbons (Fsp3) is 0. The Morgan fingerprint density at radius 3 is 2.36 bits per heavy atom. The van der Waals surface area contributed by atoms with E-state index in [4.69, 9.17) is 34.8 Å². The van der Waals surface area contributed by atoms with Crippen molar-refractivity contribution in [2.24, 2.45) is 0 Å². The van der Waals surface area contributed by atoms with Crippen LogP contribution in [0.15, 0.2) is 54.9 Å². The Labute approximate surface area is 159 Å². The molecule has 0 saturated carbocycles. The van der Waals surface area contributed by atoms with Gasteiger partial charge in [0.05, 0.1) is 28.1 Å². The SMILES string of the molecule is O=C(Nc1ccc(Cl)cc1)c1cnc(Nc2cccc(Cl)c2Cl)cn1. The Kier molecular flexibility index (Phi) is 5.38. The van der Waals surface area contributed by atoms with Crippen LogP contribution in [0.3, 0.4) is 0 Å². The van der Waals surface area contributed by atoms with Crippen molar-refractivity contribution in [3.8, 4) is 0 Å². The molecule has 1 amide bonds. The minimum Gasteiger partial charge on any atom is -0.338 e. The van der Waals surface area contributed by atoms with Crippen LogP contribution in [0.2, 0.25) is 15.1 Å². The van der Waals surface area contributed by atoms with Gasteiger partial charge in [0, 0.05) is 10.7 Å². The average Bonchev–Trinajstić information content (AvgIpc) is 2.61. The maximum Gasteiger partial charge on any atom is 0.275 e. The number of carbonyl (C=O) groups is 1. The molecule has 0 atom stereocenters. The number of anilines is 3. The number of nitrogens with zero attached hydrogens (tertiary/aromatic N) is 2. The van der Waals surface area contributed by atoms with Crippen LogP contribution in [0.5, 0.6) is 0 Å². The smallest absolute Gasteiger partial charge is 0.275 e.